The van der Waals surface area contributed by atoms with Crippen molar-refractivity contribution in [3.05, 3.63) is 0 Å². The summed E-state index contributed by atoms with van der Waals surface area (Å²) in [6.45, 7) is 2.43. The molecule has 56 valence electrons. The molecule has 0 heteroatoms. The minimum atomic E-state index is 0.977. The second-order valence-corrected chi connectivity index (χ2v) is 4.95. The Balaban J connectivity index is 1.73. The van der Waals surface area contributed by atoms with Gasteiger partial charge in [0, 0.05) is 0 Å². The highest BCUT2D eigenvalue weighted by atomic mass is 14.8. The van der Waals surface area contributed by atoms with Crippen LogP contribution in [0.15, 0.2) is 0 Å². The van der Waals surface area contributed by atoms with E-state index in [0.717, 1.165) is 11.3 Å². The van der Waals surface area contributed by atoms with Crippen LogP contribution in [0.3, 0.4) is 0 Å². The Labute approximate surface area is 63.0 Å². The van der Waals surface area contributed by atoms with Crippen LogP contribution in [0.5, 0.6) is 0 Å². The molecule has 0 aromatic heterocycles. The Morgan fingerprint density at radius 2 is 1.80 bits per heavy atom. The third kappa shape index (κ3) is 0.538. The maximum atomic E-state index is 2.43. The van der Waals surface area contributed by atoms with Crippen LogP contribution in [0.2, 0.25) is 0 Å². The Morgan fingerprint density at radius 1 is 1.10 bits per heavy atom. The molecule has 0 heterocycles. The SMILES string of the molecule is CC1CCC(C23CC2C3)C1. The van der Waals surface area contributed by atoms with Crippen LogP contribution in [-0.4, -0.2) is 0 Å². The summed E-state index contributed by atoms with van der Waals surface area (Å²) < 4.78 is 0. The average molecular weight is 136 g/mol. The lowest BCUT2D eigenvalue weighted by Gasteiger charge is -2.11. The molecule has 3 rings (SSSR count). The lowest BCUT2D eigenvalue weighted by atomic mass is 9.94. The molecule has 0 spiro atoms. The van der Waals surface area contributed by atoms with Crippen LogP contribution in [0, 0.1) is 23.2 Å². The number of hydrogen-bond acceptors (Lipinski definition) is 0. The molecule has 0 aromatic rings. The molecule has 0 aromatic carbocycles. The first-order valence-corrected chi connectivity index (χ1v) is 4.81. The fraction of sp³-hybridized carbons (Fsp3) is 1.00. The predicted octanol–water partition coefficient (Wildman–Crippen LogP) is 2.83. The van der Waals surface area contributed by atoms with Gasteiger partial charge in [0.1, 0.15) is 0 Å². The standard InChI is InChI=1S/C10H16/c1-7-2-3-8(4-7)10-5-9(10)6-10/h7-9H,2-6H2,1H3. The predicted molar refractivity (Wildman–Crippen MR) is 41.7 cm³/mol. The van der Waals surface area contributed by atoms with Crippen molar-refractivity contribution in [2.45, 2.75) is 39.0 Å². The molecule has 0 bridgehead atoms. The molecule has 0 aliphatic heterocycles. The Kier molecular flexibility index (Phi) is 0.810. The minimum absolute atomic E-state index is 0.977. The van der Waals surface area contributed by atoms with Crippen molar-refractivity contribution in [1.29, 1.82) is 0 Å². The number of fused-ring (bicyclic) bond motifs is 1. The summed E-state index contributed by atoms with van der Waals surface area (Å²) in [6.07, 6.45) is 7.89. The van der Waals surface area contributed by atoms with E-state index in [0.29, 0.717) is 0 Å². The lowest BCUT2D eigenvalue weighted by Crippen LogP contribution is -2.03. The summed E-state index contributed by atoms with van der Waals surface area (Å²) in [6, 6.07) is 0. The van der Waals surface area contributed by atoms with Gasteiger partial charge in [-0.25, -0.2) is 0 Å². The average Bonchev–Trinajstić information content (AvgIpc) is 2.64. The fourth-order valence-electron chi connectivity index (χ4n) is 3.14. The normalized spacial score (nSPS) is 63.9. The Bertz CT molecular complexity index is 165. The van der Waals surface area contributed by atoms with Crippen molar-refractivity contribution in [3.8, 4) is 0 Å². The first-order chi connectivity index (χ1) is 4.81. The highest BCUT2D eigenvalue weighted by Gasteiger charge is 2.72. The Hall–Kier alpha value is 0. The van der Waals surface area contributed by atoms with Crippen LogP contribution >= 0.6 is 0 Å². The molecule has 0 saturated heterocycles. The molecule has 10 heavy (non-hydrogen) atoms. The Morgan fingerprint density at radius 3 is 2.20 bits per heavy atom. The second kappa shape index (κ2) is 1.44. The zero-order valence-corrected chi connectivity index (χ0v) is 6.77. The third-order valence-electron chi connectivity index (χ3n) is 4.25. The van der Waals surface area contributed by atoms with Crippen LogP contribution in [0.1, 0.15) is 39.0 Å². The number of rotatable bonds is 1. The van der Waals surface area contributed by atoms with Gasteiger partial charge < -0.3 is 0 Å². The number of hydrogen-bond donors (Lipinski definition) is 0. The van der Waals surface area contributed by atoms with E-state index in [2.05, 4.69) is 6.92 Å². The second-order valence-electron chi connectivity index (χ2n) is 4.95. The van der Waals surface area contributed by atoms with Gasteiger partial charge in [0.15, 0.2) is 0 Å². The molecule has 3 saturated carbocycles. The van der Waals surface area contributed by atoms with Gasteiger partial charge in [-0.05, 0) is 48.9 Å². The topological polar surface area (TPSA) is 0 Å². The van der Waals surface area contributed by atoms with Gasteiger partial charge in [-0.15, -0.1) is 0 Å². The summed E-state index contributed by atoms with van der Waals surface area (Å²) in [7, 11) is 0. The highest BCUT2D eigenvalue weighted by Crippen LogP contribution is 2.81. The maximum Gasteiger partial charge on any atom is -0.0235 e. The van der Waals surface area contributed by atoms with Crippen LogP contribution in [-0.2, 0) is 0 Å². The lowest BCUT2D eigenvalue weighted by molar-refractivity contribution is 0.383. The van der Waals surface area contributed by atoms with Gasteiger partial charge in [-0.1, -0.05) is 13.3 Å². The first-order valence-electron chi connectivity index (χ1n) is 4.81. The van der Waals surface area contributed by atoms with Crippen LogP contribution in [0.4, 0.5) is 0 Å². The molecule has 2 unspecified atom stereocenters. The monoisotopic (exact) mass is 136 g/mol. The molecule has 0 nitrogen and oxygen atoms in total. The van der Waals surface area contributed by atoms with Crippen molar-refractivity contribution >= 4 is 0 Å². The van der Waals surface area contributed by atoms with Gasteiger partial charge >= 0.3 is 0 Å². The maximum absolute atomic E-state index is 2.43. The largest absolute Gasteiger partial charge is 0.0625 e. The molecule has 0 N–H and O–H groups in total. The smallest absolute Gasteiger partial charge is 0.0235 e. The zero-order valence-electron chi connectivity index (χ0n) is 6.77. The van der Waals surface area contributed by atoms with E-state index >= 15 is 0 Å². The van der Waals surface area contributed by atoms with Crippen molar-refractivity contribution in [2.24, 2.45) is 23.2 Å². The van der Waals surface area contributed by atoms with E-state index < -0.39 is 0 Å². The van der Waals surface area contributed by atoms with Gasteiger partial charge in [0.05, 0.1) is 0 Å². The van der Waals surface area contributed by atoms with E-state index in [-0.39, 0.29) is 0 Å². The summed E-state index contributed by atoms with van der Waals surface area (Å²) >= 11 is 0. The van der Waals surface area contributed by atoms with E-state index in [1.54, 1.807) is 25.7 Å². The first kappa shape index (κ1) is 5.62. The summed E-state index contributed by atoms with van der Waals surface area (Å²) in [4.78, 5) is 0. The van der Waals surface area contributed by atoms with Crippen LogP contribution in [0.25, 0.3) is 0 Å². The molecule has 3 aliphatic carbocycles. The molecule has 0 amide bonds. The summed E-state index contributed by atoms with van der Waals surface area (Å²) in [5.74, 6) is 3.46. The van der Waals surface area contributed by atoms with Crippen molar-refractivity contribution < 1.29 is 0 Å². The van der Waals surface area contributed by atoms with Crippen LogP contribution < -0.4 is 0 Å². The quantitative estimate of drug-likeness (QED) is 0.520. The van der Waals surface area contributed by atoms with E-state index in [1.165, 1.54) is 18.3 Å². The molecule has 0 radical (unpaired) electrons. The van der Waals surface area contributed by atoms with E-state index in [4.69, 9.17) is 0 Å². The molecule has 2 atom stereocenters. The van der Waals surface area contributed by atoms with Gasteiger partial charge in [0.25, 0.3) is 0 Å². The van der Waals surface area contributed by atoms with Gasteiger partial charge in [-0.3, -0.25) is 0 Å². The van der Waals surface area contributed by atoms with E-state index in [9.17, 15) is 0 Å². The zero-order chi connectivity index (χ0) is 6.77. The molecule has 3 aliphatic rings. The van der Waals surface area contributed by atoms with E-state index in [1.807, 2.05) is 0 Å². The van der Waals surface area contributed by atoms with Crippen molar-refractivity contribution in [1.82, 2.24) is 0 Å². The minimum Gasteiger partial charge on any atom is -0.0625 e. The highest BCUT2D eigenvalue weighted by molar-refractivity contribution is 5.21. The summed E-state index contributed by atoms with van der Waals surface area (Å²) in [5, 5.41) is 0. The van der Waals surface area contributed by atoms with Crippen molar-refractivity contribution in [2.75, 3.05) is 0 Å². The fourth-order valence-corrected chi connectivity index (χ4v) is 3.14. The van der Waals surface area contributed by atoms with Crippen molar-refractivity contribution in [3.63, 3.8) is 0 Å². The van der Waals surface area contributed by atoms with Gasteiger partial charge in [-0.2, -0.15) is 0 Å². The third-order valence-corrected chi connectivity index (χ3v) is 4.25. The molecular weight excluding hydrogens is 120 g/mol. The summed E-state index contributed by atoms with van der Waals surface area (Å²) in [5.41, 5.74) is 0.977. The van der Waals surface area contributed by atoms with Gasteiger partial charge in [0.2, 0.25) is 0 Å². The molecular formula is C10H16. The molecule has 3 fully saturated rings.